The highest BCUT2D eigenvalue weighted by Crippen LogP contribution is 2.42. The fraction of sp³-hybridized carbons (Fsp3) is 0.0294. The summed E-state index contributed by atoms with van der Waals surface area (Å²) in [6, 6.07) is 39.3. The van der Waals surface area contributed by atoms with Gasteiger partial charge in [-0.05, 0) is 91.0 Å². The van der Waals surface area contributed by atoms with Crippen LogP contribution in [0.25, 0.3) is 76.8 Å². The standard InChI is InChI=1S/C34H21NO/c1-20-6-17-31-30(18-20)35-34(36-31)29-16-12-23-10-14-27-26(13-9-22-11-15-28(29)33(23)32(22)27)25-8-7-21-4-2-3-5-24(21)19-25/h2-19H,1H3. The van der Waals surface area contributed by atoms with Crippen LogP contribution in [-0.2, 0) is 0 Å². The highest BCUT2D eigenvalue weighted by molar-refractivity contribution is 6.27. The first-order valence-corrected chi connectivity index (χ1v) is 12.3. The molecule has 0 fully saturated rings. The Morgan fingerprint density at radius 1 is 0.556 bits per heavy atom. The normalized spacial score (nSPS) is 12.0. The van der Waals surface area contributed by atoms with Crippen molar-refractivity contribution in [1.29, 1.82) is 0 Å². The summed E-state index contributed by atoms with van der Waals surface area (Å²) in [6.45, 7) is 2.08. The molecule has 0 amide bonds. The highest BCUT2D eigenvalue weighted by atomic mass is 16.3. The van der Waals surface area contributed by atoms with Crippen LogP contribution in [0.5, 0.6) is 0 Å². The van der Waals surface area contributed by atoms with Gasteiger partial charge in [-0.1, -0.05) is 84.9 Å². The highest BCUT2D eigenvalue weighted by Gasteiger charge is 2.17. The number of rotatable bonds is 2. The van der Waals surface area contributed by atoms with Crippen molar-refractivity contribution in [2.45, 2.75) is 6.92 Å². The molecule has 36 heavy (non-hydrogen) atoms. The smallest absolute Gasteiger partial charge is 0.227 e. The van der Waals surface area contributed by atoms with Crippen LogP contribution < -0.4 is 0 Å². The van der Waals surface area contributed by atoms with Crippen molar-refractivity contribution >= 4 is 54.2 Å². The maximum atomic E-state index is 6.22. The lowest BCUT2D eigenvalue weighted by Gasteiger charge is -2.16. The van der Waals surface area contributed by atoms with E-state index in [1.807, 2.05) is 6.07 Å². The minimum atomic E-state index is 0.670. The first kappa shape index (κ1) is 19.6. The van der Waals surface area contributed by atoms with Gasteiger partial charge in [0.1, 0.15) is 5.52 Å². The van der Waals surface area contributed by atoms with Crippen LogP contribution in [0.4, 0.5) is 0 Å². The van der Waals surface area contributed by atoms with Gasteiger partial charge in [-0.3, -0.25) is 0 Å². The number of aryl methyl sites for hydroxylation is 1. The van der Waals surface area contributed by atoms with Crippen LogP contribution >= 0.6 is 0 Å². The molecule has 0 atom stereocenters. The lowest BCUT2D eigenvalue weighted by molar-refractivity contribution is 0.620. The summed E-state index contributed by atoms with van der Waals surface area (Å²) < 4.78 is 6.22. The molecule has 0 saturated heterocycles. The first-order chi connectivity index (χ1) is 17.7. The molecule has 0 radical (unpaired) electrons. The molecule has 0 unspecified atom stereocenters. The van der Waals surface area contributed by atoms with Crippen molar-refractivity contribution in [3.8, 4) is 22.6 Å². The molecule has 0 bridgehead atoms. The largest absolute Gasteiger partial charge is 0.436 e. The van der Waals surface area contributed by atoms with Gasteiger partial charge in [0.15, 0.2) is 5.58 Å². The van der Waals surface area contributed by atoms with Crippen molar-refractivity contribution in [2.24, 2.45) is 0 Å². The van der Waals surface area contributed by atoms with Crippen LogP contribution in [0.15, 0.2) is 114 Å². The SMILES string of the molecule is Cc1ccc2oc(-c3ccc4ccc5c(-c6ccc7ccccc7c6)ccc6ccc3c4c65)nc2c1. The van der Waals surface area contributed by atoms with E-state index < -0.39 is 0 Å². The number of oxazole rings is 1. The molecular formula is C34H21NO. The molecular weight excluding hydrogens is 438 g/mol. The molecule has 2 nitrogen and oxygen atoms in total. The topological polar surface area (TPSA) is 26.0 Å². The quantitative estimate of drug-likeness (QED) is 0.241. The number of benzene rings is 7. The van der Waals surface area contributed by atoms with Crippen molar-refractivity contribution in [2.75, 3.05) is 0 Å². The third-order valence-corrected chi connectivity index (χ3v) is 7.50. The minimum absolute atomic E-state index is 0.670. The van der Waals surface area contributed by atoms with E-state index in [9.17, 15) is 0 Å². The molecule has 0 N–H and O–H groups in total. The minimum Gasteiger partial charge on any atom is -0.436 e. The molecule has 8 aromatic rings. The summed E-state index contributed by atoms with van der Waals surface area (Å²) in [6.07, 6.45) is 0. The number of fused-ring (bicyclic) bond motifs is 2. The molecule has 8 rings (SSSR count). The van der Waals surface area contributed by atoms with E-state index in [-0.39, 0.29) is 0 Å². The average Bonchev–Trinajstić information content (AvgIpc) is 3.34. The maximum Gasteiger partial charge on any atom is 0.227 e. The van der Waals surface area contributed by atoms with Gasteiger partial charge in [0, 0.05) is 5.56 Å². The second-order valence-corrected chi connectivity index (χ2v) is 9.70. The van der Waals surface area contributed by atoms with Gasteiger partial charge < -0.3 is 4.42 Å². The van der Waals surface area contributed by atoms with Gasteiger partial charge in [-0.15, -0.1) is 0 Å². The van der Waals surface area contributed by atoms with Crippen molar-refractivity contribution < 1.29 is 4.42 Å². The summed E-state index contributed by atoms with van der Waals surface area (Å²) >= 11 is 0. The molecule has 1 heterocycles. The van der Waals surface area contributed by atoms with Gasteiger partial charge in [-0.25, -0.2) is 4.98 Å². The molecule has 1 aromatic heterocycles. The van der Waals surface area contributed by atoms with E-state index in [1.54, 1.807) is 0 Å². The molecule has 7 aromatic carbocycles. The Hall–Kier alpha value is -4.69. The predicted molar refractivity (Wildman–Crippen MR) is 151 cm³/mol. The van der Waals surface area contributed by atoms with E-state index in [2.05, 4.69) is 110 Å². The Kier molecular flexibility index (Phi) is 3.90. The zero-order valence-electron chi connectivity index (χ0n) is 19.7. The monoisotopic (exact) mass is 459 g/mol. The van der Waals surface area contributed by atoms with Crippen LogP contribution in [0.1, 0.15) is 5.56 Å². The second-order valence-electron chi connectivity index (χ2n) is 9.70. The van der Waals surface area contributed by atoms with Crippen molar-refractivity contribution in [3.63, 3.8) is 0 Å². The van der Waals surface area contributed by atoms with Crippen molar-refractivity contribution in [3.05, 3.63) is 115 Å². The molecule has 0 aliphatic rings. The average molecular weight is 460 g/mol. The Balaban J connectivity index is 1.42. The third-order valence-electron chi connectivity index (χ3n) is 7.50. The van der Waals surface area contributed by atoms with E-state index >= 15 is 0 Å². The first-order valence-electron chi connectivity index (χ1n) is 12.3. The van der Waals surface area contributed by atoms with E-state index in [0.717, 1.165) is 16.7 Å². The number of hydrogen-bond donors (Lipinski definition) is 0. The van der Waals surface area contributed by atoms with Gasteiger partial charge in [0.2, 0.25) is 5.89 Å². The zero-order valence-corrected chi connectivity index (χ0v) is 19.7. The molecule has 0 spiro atoms. The van der Waals surface area contributed by atoms with Crippen LogP contribution in [0, 0.1) is 6.92 Å². The van der Waals surface area contributed by atoms with Gasteiger partial charge in [0.25, 0.3) is 0 Å². The summed E-state index contributed by atoms with van der Waals surface area (Å²) in [5, 5.41) is 10.0. The van der Waals surface area contributed by atoms with Crippen molar-refractivity contribution in [1.82, 2.24) is 4.98 Å². The van der Waals surface area contributed by atoms with E-state index in [4.69, 9.17) is 9.40 Å². The second kappa shape index (κ2) is 7.16. The Labute approximate surface area is 207 Å². The molecule has 2 heteroatoms. The Morgan fingerprint density at radius 3 is 2.03 bits per heavy atom. The summed E-state index contributed by atoms with van der Waals surface area (Å²) in [5.74, 6) is 0.670. The van der Waals surface area contributed by atoms with Gasteiger partial charge in [-0.2, -0.15) is 0 Å². The summed E-state index contributed by atoms with van der Waals surface area (Å²) in [4.78, 5) is 4.85. The van der Waals surface area contributed by atoms with Crippen LogP contribution in [0.3, 0.4) is 0 Å². The zero-order chi connectivity index (χ0) is 23.8. The molecule has 0 aliphatic carbocycles. The van der Waals surface area contributed by atoms with Crippen LogP contribution in [0.2, 0.25) is 0 Å². The lowest BCUT2D eigenvalue weighted by atomic mass is 9.88. The van der Waals surface area contributed by atoms with E-state index in [0.29, 0.717) is 5.89 Å². The summed E-state index contributed by atoms with van der Waals surface area (Å²) in [5.41, 5.74) is 6.42. The summed E-state index contributed by atoms with van der Waals surface area (Å²) in [7, 11) is 0. The fourth-order valence-corrected chi connectivity index (χ4v) is 5.75. The van der Waals surface area contributed by atoms with Gasteiger partial charge >= 0.3 is 0 Å². The number of aromatic nitrogens is 1. The third kappa shape index (κ3) is 2.76. The van der Waals surface area contributed by atoms with Crippen LogP contribution in [-0.4, -0.2) is 4.98 Å². The maximum absolute atomic E-state index is 6.22. The Bertz CT molecular complexity index is 2110. The van der Waals surface area contributed by atoms with Gasteiger partial charge in [0.05, 0.1) is 0 Å². The fourth-order valence-electron chi connectivity index (χ4n) is 5.75. The number of hydrogen-bond acceptors (Lipinski definition) is 2. The predicted octanol–water partition coefficient (Wildman–Crippen LogP) is 9.52. The molecule has 168 valence electrons. The van der Waals surface area contributed by atoms with E-state index in [1.165, 1.54) is 59.8 Å². The molecule has 0 saturated carbocycles. The molecule has 0 aliphatic heterocycles. The lowest BCUT2D eigenvalue weighted by Crippen LogP contribution is -1.89. The Morgan fingerprint density at radius 2 is 1.22 bits per heavy atom. The number of nitrogens with zero attached hydrogens (tertiary/aromatic N) is 1.